The van der Waals surface area contributed by atoms with Gasteiger partial charge in [0.15, 0.2) is 5.76 Å². The summed E-state index contributed by atoms with van der Waals surface area (Å²) in [6.07, 6.45) is 4.20. The molecule has 3 aromatic rings. The average molecular weight is 354 g/mol. The van der Waals surface area contributed by atoms with E-state index in [4.69, 9.17) is 21.7 Å². The standard InChI is InChI=1S/C19H22N4OS/c1-15-7-5-11-21(13-15)14-22-19(25)23(16-8-3-2-4-9-16)18(20-22)17-10-6-12-24-17/h2-4,6,8-10,12,15H,5,7,11,13-14H2,1H3/t15-/m1/s1. The highest BCUT2D eigenvalue weighted by atomic mass is 32.1. The molecular formula is C19H22N4OS. The van der Waals surface area contributed by atoms with Crippen LogP contribution in [0.4, 0.5) is 0 Å². The number of furan rings is 1. The first-order chi connectivity index (χ1) is 12.2. The second-order valence-corrected chi connectivity index (χ2v) is 7.08. The van der Waals surface area contributed by atoms with Crippen molar-refractivity contribution in [2.75, 3.05) is 13.1 Å². The molecule has 0 amide bonds. The molecule has 3 heterocycles. The highest BCUT2D eigenvalue weighted by Gasteiger charge is 2.20. The fraction of sp³-hybridized carbons (Fsp3) is 0.368. The Balaban J connectivity index is 1.75. The normalized spacial score (nSPS) is 18.5. The van der Waals surface area contributed by atoms with Gasteiger partial charge in [-0.1, -0.05) is 25.1 Å². The number of piperidine rings is 1. The van der Waals surface area contributed by atoms with Crippen molar-refractivity contribution in [3.8, 4) is 17.3 Å². The topological polar surface area (TPSA) is 39.1 Å². The number of benzene rings is 1. The Kier molecular flexibility index (Phi) is 4.55. The van der Waals surface area contributed by atoms with E-state index in [9.17, 15) is 0 Å². The van der Waals surface area contributed by atoms with Gasteiger partial charge >= 0.3 is 0 Å². The lowest BCUT2D eigenvalue weighted by Crippen LogP contribution is -2.36. The van der Waals surface area contributed by atoms with Crippen molar-refractivity contribution in [2.45, 2.75) is 26.4 Å². The molecule has 0 spiro atoms. The molecule has 1 saturated heterocycles. The van der Waals surface area contributed by atoms with Crippen LogP contribution >= 0.6 is 12.2 Å². The number of para-hydroxylation sites is 1. The summed E-state index contributed by atoms with van der Waals surface area (Å²) in [5.41, 5.74) is 0.997. The van der Waals surface area contributed by atoms with Crippen LogP contribution in [0.5, 0.6) is 0 Å². The van der Waals surface area contributed by atoms with Gasteiger partial charge in [-0.3, -0.25) is 9.47 Å². The second-order valence-electron chi connectivity index (χ2n) is 6.72. The molecule has 130 valence electrons. The van der Waals surface area contributed by atoms with E-state index in [1.165, 1.54) is 12.8 Å². The zero-order chi connectivity index (χ0) is 17.2. The average Bonchev–Trinajstić information content (AvgIpc) is 3.25. The van der Waals surface area contributed by atoms with E-state index < -0.39 is 0 Å². The molecule has 1 aliphatic rings. The predicted octanol–water partition coefficient (Wildman–Crippen LogP) is 4.35. The van der Waals surface area contributed by atoms with E-state index in [1.807, 2.05) is 51.7 Å². The number of hydrogen-bond donors (Lipinski definition) is 0. The van der Waals surface area contributed by atoms with Gasteiger partial charge in [0.2, 0.25) is 10.6 Å². The van der Waals surface area contributed by atoms with Gasteiger partial charge in [-0.25, -0.2) is 4.68 Å². The Bertz CT molecular complexity index is 882. The van der Waals surface area contributed by atoms with Crippen molar-refractivity contribution >= 4 is 12.2 Å². The van der Waals surface area contributed by atoms with Crippen LogP contribution in [-0.2, 0) is 6.67 Å². The van der Waals surface area contributed by atoms with Gasteiger partial charge in [-0.05, 0) is 61.8 Å². The van der Waals surface area contributed by atoms with Crippen molar-refractivity contribution < 1.29 is 4.42 Å². The molecule has 4 rings (SSSR count). The van der Waals surface area contributed by atoms with Crippen molar-refractivity contribution in [1.82, 2.24) is 19.2 Å². The minimum atomic E-state index is 0.691. The second kappa shape index (κ2) is 6.98. The Labute approximate surface area is 152 Å². The lowest BCUT2D eigenvalue weighted by Gasteiger charge is -2.30. The largest absolute Gasteiger partial charge is 0.461 e. The van der Waals surface area contributed by atoms with Crippen LogP contribution in [0.25, 0.3) is 17.3 Å². The van der Waals surface area contributed by atoms with E-state index in [-0.39, 0.29) is 0 Å². The van der Waals surface area contributed by atoms with Gasteiger partial charge in [0.05, 0.1) is 18.6 Å². The molecule has 6 heteroatoms. The molecule has 0 radical (unpaired) electrons. The fourth-order valence-corrected chi connectivity index (χ4v) is 3.77. The van der Waals surface area contributed by atoms with Gasteiger partial charge in [-0.2, -0.15) is 0 Å². The third-order valence-electron chi connectivity index (χ3n) is 4.67. The molecule has 0 bridgehead atoms. The van der Waals surface area contributed by atoms with E-state index >= 15 is 0 Å². The zero-order valence-electron chi connectivity index (χ0n) is 14.3. The summed E-state index contributed by atoms with van der Waals surface area (Å²) >= 11 is 5.76. The summed E-state index contributed by atoms with van der Waals surface area (Å²) in [6.45, 7) is 5.22. The Morgan fingerprint density at radius 2 is 2.04 bits per heavy atom. The van der Waals surface area contributed by atoms with E-state index in [2.05, 4.69) is 11.8 Å². The van der Waals surface area contributed by atoms with Crippen molar-refractivity contribution in [3.63, 3.8) is 0 Å². The van der Waals surface area contributed by atoms with Gasteiger partial charge < -0.3 is 4.42 Å². The van der Waals surface area contributed by atoms with Crippen LogP contribution < -0.4 is 0 Å². The van der Waals surface area contributed by atoms with E-state index in [0.717, 1.165) is 42.9 Å². The predicted molar refractivity (Wildman–Crippen MR) is 100 cm³/mol. The highest BCUT2D eigenvalue weighted by molar-refractivity contribution is 7.71. The first-order valence-corrected chi connectivity index (χ1v) is 9.15. The van der Waals surface area contributed by atoms with Crippen LogP contribution in [0.15, 0.2) is 53.1 Å². The quantitative estimate of drug-likeness (QED) is 0.653. The molecule has 1 atom stereocenters. The van der Waals surface area contributed by atoms with Crippen molar-refractivity contribution in [1.29, 1.82) is 0 Å². The smallest absolute Gasteiger partial charge is 0.204 e. The summed E-state index contributed by atoms with van der Waals surface area (Å²) in [5.74, 6) is 2.19. The number of hydrogen-bond acceptors (Lipinski definition) is 4. The Morgan fingerprint density at radius 3 is 2.76 bits per heavy atom. The monoisotopic (exact) mass is 354 g/mol. The molecule has 1 aliphatic heterocycles. The zero-order valence-corrected chi connectivity index (χ0v) is 15.2. The van der Waals surface area contributed by atoms with E-state index in [0.29, 0.717) is 4.77 Å². The Morgan fingerprint density at radius 1 is 1.20 bits per heavy atom. The van der Waals surface area contributed by atoms with E-state index in [1.54, 1.807) is 6.26 Å². The van der Waals surface area contributed by atoms with Gasteiger partial charge in [0.25, 0.3) is 0 Å². The van der Waals surface area contributed by atoms with Gasteiger partial charge in [0, 0.05) is 6.54 Å². The third kappa shape index (κ3) is 3.32. The Hall–Kier alpha value is -2.18. The van der Waals surface area contributed by atoms with Crippen LogP contribution in [0, 0.1) is 10.7 Å². The SMILES string of the molecule is C[C@@H]1CCCN(Cn2nc(-c3ccco3)n(-c3ccccc3)c2=S)C1. The molecule has 0 saturated carbocycles. The minimum Gasteiger partial charge on any atom is -0.461 e. The number of likely N-dealkylation sites (tertiary alicyclic amines) is 1. The summed E-state index contributed by atoms with van der Waals surface area (Å²) < 4.78 is 10.2. The molecule has 1 aromatic carbocycles. The summed E-state index contributed by atoms with van der Waals surface area (Å²) in [5, 5.41) is 4.79. The maximum Gasteiger partial charge on any atom is 0.204 e. The van der Waals surface area contributed by atoms with Crippen LogP contribution in [0.2, 0.25) is 0 Å². The molecule has 2 aromatic heterocycles. The number of rotatable bonds is 4. The van der Waals surface area contributed by atoms with Crippen LogP contribution in [0.3, 0.4) is 0 Å². The van der Waals surface area contributed by atoms with Gasteiger partial charge in [0.1, 0.15) is 0 Å². The lowest BCUT2D eigenvalue weighted by molar-refractivity contribution is 0.138. The third-order valence-corrected chi connectivity index (χ3v) is 5.06. The molecule has 0 N–H and O–H groups in total. The highest BCUT2D eigenvalue weighted by Crippen LogP contribution is 2.24. The van der Waals surface area contributed by atoms with Crippen LogP contribution in [0.1, 0.15) is 19.8 Å². The molecular weight excluding hydrogens is 332 g/mol. The van der Waals surface area contributed by atoms with Crippen molar-refractivity contribution in [3.05, 3.63) is 53.5 Å². The summed E-state index contributed by atoms with van der Waals surface area (Å²) in [4.78, 5) is 2.43. The number of aromatic nitrogens is 3. The van der Waals surface area contributed by atoms with Crippen molar-refractivity contribution in [2.24, 2.45) is 5.92 Å². The molecule has 5 nitrogen and oxygen atoms in total. The maximum atomic E-state index is 5.76. The summed E-state index contributed by atoms with van der Waals surface area (Å²) in [6, 6.07) is 13.9. The fourth-order valence-electron chi connectivity index (χ4n) is 3.48. The maximum absolute atomic E-state index is 5.76. The molecule has 1 fully saturated rings. The first-order valence-electron chi connectivity index (χ1n) is 8.74. The lowest BCUT2D eigenvalue weighted by atomic mass is 10.0. The van der Waals surface area contributed by atoms with Gasteiger partial charge in [-0.15, -0.1) is 5.10 Å². The first kappa shape index (κ1) is 16.3. The van der Waals surface area contributed by atoms with Crippen LogP contribution in [-0.4, -0.2) is 32.3 Å². The summed E-state index contributed by atoms with van der Waals surface area (Å²) in [7, 11) is 0. The number of nitrogens with zero attached hydrogens (tertiary/aromatic N) is 4. The molecule has 25 heavy (non-hydrogen) atoms. The minimum absolute atomic E-state index is 0.691. The molecule has 0 unspecified atom stereocenters. The molecule has 0 aliphatic carbocycles.